The number of fused-ring (bicyclic) bond motifs is 1. The van der Waals surface area contributed by atoms with Gasteiger partial charge in [0.1, 0.15) is 17.2 Å². The molecule has 1 amide bonds. The second kappa shape index (κ2) is 11.6. The molecule has 1 unspecified atom stereocenters. The van der Waals surface area contributed by atoms with Gasteiger partial charge in [0.05, 0.1) is 11.8 Å². The molecule has 0 bridgehead atoms. The summed E-state index contributed by atoms with van der Waals surface area (Å²) in [5, 5.41) is 19.5. The first kappa shape index (κ1) is 26.2. The van der Waals surface area contributed by atoms with Gasteiger partial charge in [0, 0.05) is 56.8 Å². The molecule has 1 saturated carbocycles. The van der Waals surface area contributed by atoms with E-state index in [9.17, 15) is 9.90 Å². The largest absolute Gasteiger partial charge is 0.387 e. The third-order valence-electron chi connectivity index (χ3n) is 7.78. The van der Waals surface area contributed by atoms with E-state index in [0.29, 0.717) is 36.2 Å². The van der Waals surface area contributed by atoms with Gasteiger partial charge in [-0.25, -0.2) is 9.97 Å². The third kappa shape index (κ3) is 6.08. The van der Waals surface area contributed by atoms with E-state index in [1.807, 2.05) is 24.3 Å². The molecule has 1 atom stereocenters. The highest BCUT2D eigenvalue weighted by Crippen LogP contribution is 2.32. The summed E-state index contributed by atoms with van der Waals surface area (Å²) < 4.78 is 0. The van der Waals surface area contributed by atoms with Crippen LogP contribution >= 0.6 is 0 Å². The van der Waals surface area contributed by atoms with Crippen LogP contribution in [0.3, 0.4) is 0 Å². The minimum atomic E-state index is -0.579. The second-order valence-electron chi connectivity index (χ2n) is 10.8. The van der Waals surface area contributed by atoms with Crippen LogP contribution in [0.25, 0.3) is 0 Å². The highest BCUT2D eigenvalue weighted by Gasteiger charge is 2.26. The van der Waals surface area contributed by atoms with Gasteiger partial charge in [-0.15, -0.1) is 6.58 Å². The lowest BCUT2D eigenvalue weighted by Gasteiger charge is -2.36. The third-order valence-corrected chi connectivity index (χ3v) is 7.78. The standard InChI is InChI=1S/C30H36N8O2/c1-2-13-31-29(40)24-18-32-30(36-28(24)35-26-12-6-21-5-11-25(39)27(21)34-26)33-22-7-9-23(10-8-22)38-16-14-37(15-17-38)19-20-3-4-20/h2,6-10,12,18,20,25,39H,1,3-5,11,13-17,19H2,(H,31,40)(H2,32,33,34,35,36). The number of aryl methyl sites for hydroxylation is 1. The molecule has 0 spiro atoms. The van der Waals surface area contributed by atoms with Crippen LogP contribution in [0.5, 0.6) is 0 Å². The second-order valence-corrected chi connectivity index (χ2v) is 10.8. The minimum absolute atomic E-state index is 0.284. The molecular formula is C30H36N8O2. The number of carbonyl (C=O) groups is 1. The fourth-order valence-corrected chi connectivity index (χ4v) is 5.33. The number of rotatable bonds is 10. The summed E-state index contributed by atoms with van der Waals surface area (Å²) >= 11 is 0. The van der Waals surface area contributed by atoms with Crippen molar-refractivity contribution in [3.05, 3.63) is 72.1 Å². The highest BCUT2D eigenvalue weighted by atomic mass is 16.3. The average Bonchev–Trinajstić information content (AvgIpc) is 3.72. The van der Waals surface area contributed by atoms with E-state index >= 15 is 0 Å². The molecule has 10 nitrogen and oxygen atoms in total. The van der Waals surface area contributed by atoms with Crippen LogP contribution in [-0.2, 0) is 6.42 Å². The van der Waals surface area contributed by atoms with E-state index < -0.39 is 6.10 Å². The summed E-state index contributed by atoms with van der Waals surface area (Å²) in [6.45, 7) is 9.56. The summed E-state index contributed by atoms with van der Waals surface area (Å²) in [6, 6.07) is 12.1. The maximum Gasteiger partial charge on any atom is 0.256 e. The Balaban J connectivity index is 1.16. The molecule has 0 radical (unpaired) electrons. The number of hydrogen-bond acceptors (Lipinski definition) is 9. The van der Waals surface area contributed by atoms with Crippen molar-refractivity contribution in [2.24, 2.45) is 5.92 Å². The number of nitrogens with zero attached hydrogens (tertiary/aromatic N) is 5. The number of aliphatic hydroxyl groups is 1. The number of hydrogen-bond donors (Lipinski definition) is 4. The number of benzene rings is 1. The van der Waals surface area contributed by atoms with E-state index in [2.05, 4.69) is 59.4 Å². The molecule has 40 heavy (non-hydrogen) atoms. The van der Waals surface area contributed by atoms with Gasteiger partial charge in [-0.1, -0.05) is 12.1 Å². The Bertz CT molecular complexity index is 1370. The van der Waals surface area contributed by atoms with Crippen LogP contribution in [0.1, 0.15) is 47.0 Å². The van der Waals surface area contributed by atoms with Gasteiger partial charge in [-0.05, 0) is 67.5 Å². The summed E-state index contributed by atoms with van der Waals surface area (Å²) in [5.74, 6) is 1.79. The SMILES string of the molecule is C=CCNC(=O)c1cnc(Nc2ccc(N3CCN(CC4CC4)CC3)cc2)nc1Nc1ccc2c(n1)C(O)CC2. The van der Waals surface area contributed by atoms with Crippen LogP contribution in [0.4, 0.5) is 29.0 Å². The Kier molecular flexibility index (Phi) is 7.61. The molecule has 1 aliphatic heterocycles. The van der Waals surface area contributed by atoms with E-state index in [1.54, 1.807) is 6.08 Å². The van der Waals surface area contributed by atoms with Crippen molar-refractivity contribution in [3.8, 4) is 0 Å². The lowest BCUT2D eigenvalue weighted by Crippen LogP contribution is -2.47. The molecule has 2 aliphatic carbocycles. The van der Waals surface area contributed by atoms with Crippen LogP contribution < -0.4 is 20.9 Å². The van der Waals surface area contributed by atoms with Crippen molar-refractivity contribution in [2.75, 3.05) is 54.8 Å². The number of pyridine rings is 1. The first-order valence-electron chi connectivity index (χ1n) is 14.1. The number of nitrogens with one attached hydrogen (secondary N) is 3. The van der Waals surface area contributed by atoms with Crippen LogP contribution in [0.2, 0.25) is 0 Å². The maximum atomic E-state index is 12.8. The van der Waals surface area contributed by atoms with Gasteiger partial charge in [-0.3, -0.25) is 9.69 Å². The summed E-state index contributed by atoms with van der Waals surface area (Å²) in [5.41, 5.74) is 4.05. The molecule has 208 valence electrons. The van der Waals surface area contributed by atoms with Gasteiger partial charge in [-0.2, -0.15) is 4.98 Å². The molecule has 2 aromatic heterocycles. The number of piperazine rings is 1. The predicted molar refractivity (Wildman–Crippen MR) is 156 cm³/mol. The first-order chi connectivity index (χ1) is 19.6. The zero-order valence-corrected chi connectivity index (χ0v) is 22.6. The Hall–Kier alpha value is -4.02. The predicted octanol–water partition coefficient (Wildman–Crippen LogP) is 3.79. The highest BCUT2D eigenvalue weighted by molar-refractivity contribution is 5.99. The van der Waals surface area contributed by atoms with Crippen molar-refractivity contribution in [2.45, 2.75) is 31.8 Å². The molecule has 3 heterocycles. The zero-order valence-electron chi connectivity index (χ0n) is 22.6. The molecule has 2 fully saturated rings. The fourth-order valence-electron chi connectivity index (χ4n) is 5.33. The number of anilines is 5. The van der Waals surface area contributed by atoms with E-state index in [0.717, 1.165) is 49.8 Å². The summed E-state index contributed by atoms with van der Waals surface area (Å²) in [7, 11) is 0. The van der Waals surface area contributed by atoms with Crippen LogP contribution in [-0.4, -0.2) is 70.1 Å². The monoisotopic (exact) mass is 540 g/mol. The number of aromatic nitrogens is 3. The fraction of sp³-hybridized carbons (Fsp3) is 0.400. The van der Waals surface area contributed by atoms with Gasteiger partial charge >= 0.3 is 0 Å². The minimum Gasteiger partial charge on any atom is -0.387 e. The molecule has 10 heteroatoms. The molecule has 1 aromatic carbocycles. The Labute approximate surface area is 234 Å². The van der Waals surface area contributed by atoms with Crippen molar-refractivity contribution in [1.29, 1.82) is 0 Å². The van der Waals surface area contributed by atoms with Gasteiger partial charge in [0.25, 0.3) is 5.91 Å². The van der Waals surface area contributed by atoms with E-state index in [4.69, 9.17) is 0 Å². The maximum absolute atomic E-state index is 12.8. The molecule has 3 aromatic rings. The normalized spacial score (nSPS) is 18.7. The van der Waals surface area contributed by atoms with Crippen molar-refractivity contribution < 1.29 is 9.90 Å². The van der Waals surface area contributed by atoms with Crippen molar-refractivity contribution in [3.63, 3.8) is 0 Å². The Morgan fingerprint density at radius 3 is 2.58 bits per heavy atom. The van der Waals surface area contributed by atoms with Gasteiger partial charge in [0.15, 0.2) is 0 Å². The van der Waals surface area contributed by atoms with E-state index in [-0.39, 0.29) is 11.5 Å². The lowest BCUT2D eigenvalue weighted by molar-refractivity contribution is 0.0958. The van der Waals surface area contributed by atoms with Gasteiger partial charge < -0.3 is 26.0 Å². The Morgan fingerprint density at radius 2 is 1.82 bits per heavy atom. The zero-order chi connectivity index (χ0) is 27.5. The molecule has 3 aliphatic rings. The average molecular weight is 541 g/mol. The first-order valence-corrected chi connectivity index (χ1v) is 14.1. The molecule has 6 rings (SSSR count). The number of amides is 1. The molecular weight excluding hydrogens is 504 g/mol. The molecule has 4 N–H and O–H groups in total. The van der Waals surface area contributed by atoms with Crippen molar-refractivity contribution in [1.82, 2.24) is 25.2 Å². The van der Waals surface area contributed by atoms with Crippen LogP contribution in [0, 0.1) is 5.92 Å². The van der Waals surface area contributed by atoms with Crippen molar-refractivity contribution >= 4 is 34.9 Å². The Morgan fingerprint density at radius 1 is 1.02 bits per heavy atom. The quantitative estimate of drug-likeness (QED) is 0.285. The number of aliphatic hydroxyl groups excluding tert-OH is 1. The smallest absolute Gasteiger partial charge is 0.256 e. The number of carbonyl (C=O) groups excluding carboxylic acids is 1. The topological polar surface area (TPSA) is 119 Å². The summed E-state index contributed by atoms with van der Waals surface area (Å²) in [6.07, 6.45) is 6.79. The van der Waals surface area contributed by atoms with Gasteiger partial charge in [0.2, 0.25) is 5.95 Å². The molecule has 1 saturated heterocycles. The summed E-state index contributed by atoms with van der Waals surface area (Å²) in [4.78, 5) is 31.4. The van der Waals surface area contributed by atoms with E-state index in [1.165, 1.54) is 31.3 Å². The lowest BCUT2D eigenvalue weighted by atomic mass is 10.2. The van der Waals surface area contributed by atoms with Crippen LogP contribution in [0.15, 0.2) is 55.3 Å².